The zero-order chi connectivity index (χ0) is 19.3. The highest BCUT2D eigenvalue weighted by atomic mass is 35.5. The average molecular weight is 418 g/mol. The number of benzene rings is 1. The maximum atomic E-state index is 6.38. The van der Waals surface area contributed by atoms with Crippen LogP contribution in [0, 0.1) is 11.8 Å². The van der Waals surface area contributed by atoms with Gasteiger partial charge in [-0.15, -0.1) is 10.2 Å². The van der Waals surface area contributed by atoms with Gasteiger partial charge in [0, 0.05) is 31.7 Å². The van der Waals surface area contributed by atoms with Gasteiger partial charge < -0.3 is 20.4 Å². The van der Waals surface area contributed by atoms with Gasteiger partial charge in [0.2, 0.25) is 6.39 Å². The fraction of sp³-hybridized carbons (Fsp3) is 0.333. The molecule has 0 bridgehead atoms. The van der Waals surface area contributed by atoms with E-state index in [1.165, 1.54) is 6.39 Å². The maximum Gasteiger partial charge on any atom is 0.269 e. The van der Waals surface area contributed by atoms with Gasteiger partial charge in [-0.3, -0.25) is 0 Å². The molecule has 28 heavy (non-hydrogen) atoms. The minimum absolute atomic E-state index is 0.276. The van der Waals surface area contributed by atoms with E-state index in [4.69, 9.17) is 38.3 Å². The summed E-state index contributed by atoms with van der Waals surface area (Å²) >= 11 is 12.6. The molecule has 3 N–H and O–H groups in total. The van der Waals surface area contributed by atoms with Crippen LogP contribution >= 0.6 is 23.2 Å². The summed E-state index contributed by atoms with van der Waals surface area (Å²) in [6, 6.07) is 5.30. The third-order valence-corrected chi connectivity index (χ3v) is 6.18. The van der Waals surface area contributed by atoms with E-state index < -0.39 is 0 Å². The highest BCUT2D eigenvalue weighted by Crippen LogP contribution is 2.39. The van der Waals surface area contributed by atoms with Gasteiger partial charge in [-0.05, 0) is 17.9 Å². The number of aromatic nitrogens is 4. The first-order valence-corrected chi connectivity index (χ1v) is 9.71. The summed E-state index contributed by atoms with van der Waals surface area (Å²) in [4.78, 5) is 11.6. The Kier molecular flexibility index (Phi) is 4.34. The average Bonchev–Trinajstić information content (AvgIpc) is 3.41. The number of rotatable bonds is 3. The number of nitrogens with zero attached hydrogens (tertiary/aromatic N) is 5. The van der Waals surface area contributed by atoms with E-state index in [2.05, 4.69) is 25.4 Å². The number of hydrogen-bond acceptors (Lipinski definition) is 8. The molecule has 2 aliphatic heterocycles. The molecule has 4 heterocycles. The zero-order valence-corrected chi connectivity index (χ0v) is 16.3. The monoisotopic (exact) mass is 417 g/mol. The number of halogens is 2. The molecule has 0 amide bonds. The van der Waals surface area contributed by atoms with E-state index in [1.807, 2.05) is 0 Å². The predicted octanol–water partition coefficient (Wildman–Crippen LogP) is 2.74. The third kappa shape index (κ3) is 2.88. The molecule has 0 aliphatic carbocycles. The van der Waals surface area contributed by atoms with Crippen molar-refractivity contribution in [2.24, 2.45) is 11.8 Å². The van der Waals surface area contributed by atoms with Gasteiger partial charge in [0.05, 0.1) is 10.0 Å². The summed E-state index contributed by atoms with van der Waals surface area (Å²) in [6.45, 7) is 3.78. The lowest BCUT2D eigenvalue weighted by atomic mass is 10.0. The highest BCUT2D eigenvalue weighted by molar-refractivity contribution is 6.43. The van der Waals surface area contributed by atoms with Crippen molar-refractivity contribution >= 4 is 34.8 Å². The number of anilines is 2. The van der Waals surface area contributed by atoms with Crippen LogP contribution < -0.4 is 16.0 Å². The van der Waals surface area contributed by atoms with Crippen LogP contribution in [0.1, 0.15) is 0 Å². The van der Waals surface area contributed by atoms with Crippen molar-refractivity contribution < 1.29 is 4.42 Å². The number of nitrogens with two attached hydrogens (primary N) is 1. The Morgan fingerprint density at radius 3 is 2.61 bits per heavy atom. The second kappa shape index (κ2) is 6.88. The largest absolute Gasteiger partial charge is 0.422 e. The molecule has 10 heteroatoms. The molecule has 2 fully saturated rings. The van der Waals surface area contributed by atoms with Gasteiger partial charge in [0.25, 0.3) is 5.89 Å². The van der Waals surface area contributed by atoms with Crippen LogP contribution in [0.3, 0.4) is 0 Å². The standard InChI is InChI=1S/C18H17Cl2N7O/c19-12-3-1-2-11(13(12)20)14-16(21)25-17(15(24-14)18-26-23-8-28-18)27-6-9-4-22-5-10(9)7-27/h1-3,8-10,22H,4-7H2,(H2,21,25). The molecule has 144 valence electrons. The predicted molar refractivity (Wildman–Crippen MR) is 107 cm³/mol. The quantitative estimate of drug-likeness (QED) is 0.669. The van der Waals surface area contributed by atoms with Gasteiger partial charge in [-0.1, -0.05) is 35.3 Å². The van der Waals surface area contributed by atoms with Crippen LogP contribution in [-0.4, -0.2) is 46.3 Å². The number of fused-ring (bicyclic) bond motifs is 1. The first-order valence-electron chi connectivity index (χ1n) is 8.96. The second-order valence-electron chi connectivity index (χ2n) is 7.06. The molecule has 0 radical (unpaired) electrons. The molecule has 2 atom stereocenters. The van der Waals surface area contributed by atoms with E-state index in [9.17, 15) is 0 Å². The van der Waals surface area contributed by atoms with Crippen molar-refractivity contribution in [1.82, 2.24) is 25.5 Å². The molecule has 2 unspecified atom stereocenters. The lowest BCUT2D eigenvalue weighted by Gasteiger charge is -2.21. The number of nitrogens with one attached hydrogen (secondary N) is 1. The summed E-state index contributed by atoms with van der Waals surface area (Å²) < 4.78 is 5.43. The first-order chi connectivity index (χ1) is 13.6. The first kappa shape index (κ1) is 17.7. The van der Waals surface area contributed by atoms with Gasteiger partial charge in [0.1, 0.15) is 5.69 Å². The Hall–Kier alpha value is -2.42. The molecule has 2 saturated heterocycles. The Morgan fingerprint density at radius 2 is 1.89 bits per heavy atom. The van der Waals surface area contributed by atoms with Gasteiger partial charge in [-0.2, -0.15) is 0 Å². The van der Waals surface area contributed by atoms with Crippen molar-refractivity contribution in [2.45, 2.75) is 0 Å². The van der Waals surface area contributed by atoms with Crippen LogP contribution in [0.25, 0.3) is 22.8 Å². The van der Waals surface area contributed by atoms with Crippen molar-refractivity contribution in [3.05, 3.63) is 34.6 Å². The molecule has 0 spiro atoms. The zero-order valence-electron chi connectivity index (χ0n) is 14.8. The Labute approximate surface area is 171 Å². The van der Waals surface area contributed by atoms with Crippen LogP contribution in [-0.2, 0) is 0 Å². The molecule has 3 aromatic rings. The van der Waals surface area contributed by atoms with E-state index in [0.717, 1.165) is 26.2 Å². The highest BCUT2D eigenvalue weighted by Gasteiger charge is 2.38. The number of hydrogen-bond donors (Lipinski definition) is 2. The van der Waals surface area contributed by atoms with Gasteiger partial charge in [0.15, 0.2) is 17.3 Å². The summed E-state index contributed by atoms with van der Waals surface area (Å²) in [5.74, 6) is 2.38. The molecular formula is C18H17Cl2N7O. The van der Waals surface area contributed by atoms with E-state index in [-0.39, 0.29) is 11.7 Å². The van der Waals surface area contributed by atoms with Crippen molar-refractivity contribution in [3.8, 4) is 22.8 Å². The second-order valence-corrected chi connectivity index (χ2v) is 7.84. The van der Waals surface area contributed by atoms with Crippen molar-refractivity contribution in [3.63, 3.8) is 0 Å². The summed E-state index contributed by atoms with van der Waals surface area (Å²) in [5, 5.41) is 12.1. The number of nitrogen functional groups attached to an aromatic ring is 1. The minimum atomic E-state index is 0.276. The Bertz CT molecular complexity index is 1020. The summed E-state index contributed by atoms with van der Waals surface area (Å²) in [7, 11) is 0. The molecule has 0 saturated carbocycles. The van der Waals surface area contributed by atoms with Crippen LogP contribution in [0.2, 0.25) is 10.0 Å². The van der Waals surface area contributed by atoms with Crippen LogP contribution in [0.4, 0.5) is 11.6 Å². The van der Waals surface area contributed by atoms with E-state index in [1.54, 1.807) is 18.2 Å². The minimum Gasteiger partial charge on any atom is -0.422 e. The van der Waals surface area contributed by atoms with Crippen LogP contribution in [0.15, 0.2) is 29.0 Å². The molecule has 1 aromatic carbocycles. The molecular weight excluding hydrogens is 401 g/mol. The Balaban J connectivity index is 1.64. The third-order valence-electron chi connectivity index (χ3n) is 5.36. The Morgan fingerprint density at radius 1 is 1.11 bits per heavy atom. The summed E-state index contributed by atoms with van der Waals surface area (Å²) in [6.07, 6.45) is 1.27. The van der Waals surface area contributed by atoms with Crippen LogP contribution in [0.5, 0.6) is 0 Å². The molecule has 5 rings (SSSR count). The lowest BCUT2D eigenvalue weighted by Crippen LogP contribution is -2.27. The maximum absolute atomic E-state index is 6.38. The van der Waals surface area contributed by atoms with Crippen molar-refractivity contribution in [2.75, 3.05) is 36.8 Å². The van der Waals surface area contributed by atoms with E-state index >= 15 is 0 Å². The normalized spacial score (nSPS) is 21.3. The molecule has 2 aliphatic rings. The SMILES string of the molecule is Nc1nc(N2CC3CNCC3C2)c(-c2nnco2)nc1-c1cccc(Cl)c1Cl. The molecule has 2 aromatic heterocycles. The van der Waals surface area contributed by atoms with Gasteiger partial charge >= 0.3 is 0 Å². The lowest BCUT2D eigenvalue weighted by molar-refractivity contribution is 0.533. The smallest absolute Gasteiger partial charge is 0.269 e. The topological polar surface area (TPSA) is 106 Å². The fourth-order valence-corrected chi connectivity index (χ4v) is 4.38. The van der Waals surface area contributed by atoms with E-state index in [0.29, 0.717) is 44.7 Å². The molecule has 8 nitrogen and oxygen atoms in total. The van der Waals surface area contributed by atoms with Gasteiger partial charge in [-0.25, -0.2) is 9.97 Å². The summed E-state index contributed by atoms with van der Waals surface area (Å²) in [5.41, 5.74) is 7.83. The fourth-order valence-electron chi connectivity index (χ4n) is 3.99. The van der Waals surface area contributed by atoms with Crippen molar-refractivity contribution in [1.29, 1.82) is 0 Å².